The number of rotatable bonds is 17. The summed E-state index contributed by atoms with van der Waals surface area (Å²) in [6.07, 6.45) is -3.72. The molecule has 1 aromatic rings. The summed E-state index contributed by atoms with van der Waals surface area (Å²) in [6.45, 7) is 15.6. The molecule has 16 heteroatoms. The number of carbonyl (C=O) groups is 1. The summed E-state index contributed by atoms with van der Waals surface area (Å²) in [5.74, 6) is -0.413. The molecule has 14 nitrogen and oxygen atoms in total. The van der Waals surface area contributed by atoms with Gasteiger partial charge in [-0.25, -0.2) is 4.79 Å². The number of hydrogen-bond acceptors (Lipinski definition) is 11. The molecule has 1 fully saturated rings. The van der Waals surface area contributed by atoms with E-state index in [2.05, 4.69) is 44.2 Å². The van der Waals surface area contributed by atoms with Crippen LogP contribution in [0, 0.1) is 6.92 Å². The van der Waals surface area contributed by atoms with Crippen molar-refractivity contribution in [3.63, 3.8) is 0 Å². The smallest absolute Gasteiger partial charge is 0.333 e. The van der Waals surface area contributed by atoms with Gasteiger partial charge in [0.1, 0.15) is 24.9 Å². The molecule has 2 heterocycles. The van der Waals surface area contributed by atoms with Crippen LogP contribution in [0.3, 0.4) is 0 Å². The molecule has 1 amide bonds. The quantitative estimate of drug-likeness (QED) is 0.144. The third-order valence-corrected chi connectivity index (χ3v) is 14.2. The molecular weight excluding hydrogens is 601 g/mol. The van der Waals surface area contributed by atoms with Gasteiger partial charge < -0.3 is 37.7 Å². The molecular formula is C27H50N3O11PSi. The Bertz CT molecular complexity index is 1210. The number of ether oxygens (including phenoxy) is 4. The SMILES string of the molecule is CCOP(=O)(C[C@@H](OCC(=O)NC)[C@H]1O[C@@H](n2cc(C)c(=O)[nH]c2=O)[C@H](OCCOC)[C@@H]1O[Si](C)(C)C(C)(C)C)OCC. The van der Waals surface area contributed by atoms with Gasteiger partial charge in [-0.3, -0.25) is 23.7 Å². The molecule has 0 spiro atoms. The third kappa shape index (κ3) is 9.90. The molecule has 1 saturated heterocycles. The van der Waals surface area contributed by atoms with Gasteiger partial charge in [-0.15, -0.1) is 0 Å². The highest BCUT2D eigenvalue weighted by Gasteiger charge is 2.55. The van der Waals surface area contributed by atoms with Gasteiger partial charge in [-0.1, -0.05) is 20.8 Å². The lowest BCUT2D eigenvalue weighted by molar-refractivity contribution is -0.135. The van der Waals surface area contributed by atoms with Gasteiger partial charge in [0.15, 0.2) is 14.5 Å². The van der Waals surface area contributed by atoms with Gasteiger partial charge in [-0.2, -0.15) is 0 Å². The van der Waals surface area contributed by atoms with Crippen molar-refractivity contribution in [1.82, 2.24) is 14.9 Å². The maximum Gasteiger partial charge on any atom is 0.333 e. The number of likely N-dealkylation sites (N-methyl/N-ethyl adjacent to an activating group) is 1. The number of carbonyl (C=O) groups excluding carboxylic acids is 1. The van der Waals surface area contributed by atoms with Crippen molar-refractivity contribution in [1.29, 1.82) is 0 Å². The van der Waals surface area contributed by atoms with Crippen LogP contribution >= 0.6 is 7.60 Å². The van der Waals surface area contributed by atoms with Gasteiger partial charge in [0, 0.05) is 25.9 Å². The Morgan fingerprint density at radius 1 is 1.16 bits per heavy atom. The lowest BCUT2D eigenvalue weighted by atomic mass is 10.1. The van der Waals surface area contributed by atoms with Crippen molar-refractivity contribution in [2.45, 2.75) is 90.3 Å². The van der Waals surface area contributed by atoms with E-state index in [-0.39, 0.29) is 49.8 Å². The third-order valence-electron chi connectivity index (χ3n) is 7.61. The molecule has 2 rings (SSSR count). The Kier molecular flexibility index (Phi) is 14.0. The van der Waals surface area contributed by atoms with E-state index >= 15 is 0 Å². The Morgan fingerprint density at radius 3 is 2.33 bits per heavy atom. The molecule has 0 aliphatic carbocycles. The first-order valence-corrected chi connectivity index (χ1v) is 19.1. The normalized spacial score (nSPS) is 22.1. The van der Waals surface area contributed by atoms with Crippen molar-refractivity contribution in [3.05, 3.63) is 32.6 Å². The molecule has 1 aliphatic heterocycles. The fourth-order valence-electron chi connectivity index (χ4n) is 4.32. The number of aryl methyl sites for hydroxylation is 1. The van der Waals surface area contributed by atoms with Crippen LogP contribution in [0.4, 0.5) is 0 Å². The topological polar surface area (TPSA) is 166 Å². The van der Waals surface area contributed by atoms with Crippen LogP contribution in [0.2, 0.25) is 18.1 Å². The molecule has 0 radical (unpaired) electrons. The van der Waals surface area contributed by atoms with Crippen molar-refractivity contribution in [2.24, 2.45) is 0 Å². The fraction of sp³-hybridized carbons (Fsp3) is 0.815. The summed E-state index contributed by atoms with van der Waals surface area (Å²) in [7, 11) is -3.27. The van der Waals surface area contributed by atoms with E-state index in [1.165, 1.54) is 24.9 Å². The van der Waals surface area contributed by atoms with Crippen molar-refractivity contribution >= 4 is 21.8 Å². The Balaban J connectivity index is 2.75. The van der Waals surface area contributed by atoms with Crippen molar-refractivity contribution < 1.29 is 41.8 Å². The maximum atomic E-state index is 13.8. The molecule has 1 aliphatic rings. The first-order chi connectivity index (χ1) is 20.0. The van der Waals surface area contributed by atoms with Gasteiger partial charge in [-0.05, 0) is 38.9 Å². The molecule has 0 saturated carbocycles. The van der Waals surface area contributed by atoms with Crippen LogP contribution in [0.25, 0.3) is 0 Å². The van der Waals surface area contributed by atoms with E-state index in [0.29, 0.717) is 0 Å². The summed E-state index contributed by atoms with van der Waals surface area (Å²) in [4.78, 5) is 39.9. The van der Waals surface area contributed by atoms with Crippen LogP contribution in [-0.4, -0.2) is 102 Å². The zero-order valence-corrected chi connectivity index (χ0v) is 29.0. The highest BCUT2D eigenvalue weighted by molar-refractivity contribution is 7.53. The van der Waals surface area contributed by atoms with Crippen LogP contribution in [-0.2, 0) is 41.8 Å². The second-order valence-electron chi connectivity index (χ2n) is 11.8. The number of amides is 1. The van der Waals surface area contributed by atoms with Crippen LogP contribution in [0.1, 0.15) is 46.4 Å². The first-order valence-electron chi connectivity index (χ1n) is 14.5. The molecule has 1 aromatic heterocycles. The average molecular weight is 652 g/mol. The lowest BCUT2D eigenvalue weighted by Gasteiger charge is -2.41. The number of methoxy groups -OCH3 is 1. The highest BCUT2D eigenvalue weighted by Crippen LogP contribution is 2.51. The minimum atomic E-state index is -3.73. The Labute approximate surface area is 254 Å². The van der Waals surface area contributed by atoms with Crippen LogP contribution in [0.15, 0.2) is 15.8 Å². The first kappa shape index (κ1) is 37.5. The fourth-order valence-corrected chi connectivity index (χ4v) is 7.45. The molecule has 2 N–H and O–H groups in total. The van der Waals surface area contributed by atoms with Gasteiger partial charge in [0.25, 0.3) is 5.56 Å². The number of aromatic nitrogens is 2. The predicted octanol–water partition coefficient (Wildman–Crippen LogP) is 2.56. The van der Waals surface area contributed by atoms with E-state index in [1.807, 2.05) is 0 Å². The molecule has 5 atom stereocenters. The number of hydrogen-bond donors (Lipinski definition) is 2. The van der Waals surface area contributed by atoms with Crippen molar-refractivity contribution in [2.75, 3.05) is 53.4 Å². The molecule has 0 aromatic carbocycles. The van der Waals surface area contributed by atoms with Crippen LogP contribution < -0.4 is 16.6 Å². The van der Waals surface area contributed by atoms with Gasteiger partial charge in [0.05, 0.1) is 38.7 Å². The van der Waals surface area contributed by atoms with E-state index < -0.39 is 63.7 Å². The number of nitrogens with zero attached hydrogens (tertiary/aromatic N) is 1. The minimum Gasteiger partial charge on any atom is -0.408 e. The average Bonchev–Trinajstić information content (AvgIpc) is 3.25. The van der Waals surface area contributed by atoms with E-state index in [1.54, 1.807) is 20.8 Å². The second-order valence-corrected chi connectivity index (χ2v) is 18.7. The van der Waals surface area contributed by atoms with Gasteiger partial charge in [0.2, 0.25) is 5.91 Å². The van der Waals surface area contributed by atoms with E-state index in [9.17, 15) is 18.9 Å². The zero-order chi connectivity index (χ0) is 32.6. The predicted molar refractivity (Wildman–Crippen MR) is 163 cm³/mol. The van der Waals surface area contributed by atoms with Crippen molar-refractivity contribution in [3.8, 4) is 0 Å². The number of aromatic amines is 1. The van der Waals surface area contributed by atoms with E-state index in [4.69, 9.17) is 32.4 Å². The summed E-state index contributed by atoms with van der Waals surface area (Å²) < 4.78 is 57.2. The summed E-state index contributed by atoms with van der Waals surface area (Å²) >= 11 is 0. The minimum absolute atomic E-state index is 0.117. The number of nitrogens with one attached hydrogen (secondary N) is 2. The highest BCUT2D eigenvalue weighted by atomic mass is 31.2. The van der Waals surface area contributed by atoms with Gasteiger partial charge >= 0.3 is 13.3 Å². The zero-order valence-electron chi connectivity index (χ0n) is 27.1. The second kappa shape index (κ2) is 16.0. The largest absolute Gasteiger partial charge is 0.408 e. The molecule has 0 bridgehead atoms. The van der Waals surface area contributed by atoms with E-state index in [0.717, 1.165) is 0 Å². The Hall–Kier alpha value is -1.68. The molecule has 248 valence electrons. The molecule has 43 heavy (non-hydrogen) atoms. The van der Waals surface area contributed by atoms with Crippen LogP contribution in [0.5, 0.6) is 0 Å². The Morgan fingerprint density at radius 2 is 1.79 bits per heavy atom. The summed E-state index contributed by atoms with van der Waals surface area (Å²) in [6, 6.07) is 0. The lowest BCUT2D eigenvalue weighted by Crippen LogP contribution is -2.53. The summed E-state index contributed by atoms with van der Waals surface area (Å²) in [5.41, 5.74) is -0.943. The number of H-pyrrole nitrogens is 1. The molecule has 0 unspecified atom stereocenters. The summed E-state index contributed by atoms with van der Waals surface area (Å²) in [5, 5.41) is 2.28. The standard InChI is InChI=1S/C27H50N3O11PSi/c1-11-38-42(34,39-12-2)17-19(37-16-20(31)28-7)21-22(41-43(9,10)27(4,5)6)23(36-14-13-35-8)25(40-21)30-15-18(3)24(32)29-26(30)33/h15,19,21-23,25H,11-14,16-17H2,1-10H3,(H,28,31)(H,29,32,33)/t19-,21-,22-,23-,25-/m1/s1. The maximum absolute atomic E-state index is 13.8. The monoisotopic (exact) mass is 651 g/mol.